The van der Waals surface area contributed by atoms with E-state index in [9.17, 15) is 4.79 Å². The SMILES string of the molecule is CNCCNC(=O)C1(c2ccccc2)CCCC1. The average Bonchev–Trinajstić information content (AvgIpc) is 2.90. The number of likely N-dealkylation sites (N-methyl/N-ethyl adjacent to an activating group) is 1. The molecule has 2 rings (SSSR count). The zero-order valence-electron chi connectivity index (χ0n) is 11.0. The summed E-state index contributed by atoms with van der Waals surface area (Å²) < 4.78 is 0. The van der Waals surface area contributed by atoms with E-state index in [4.69, 9.17) is 0 Å². The van der Waals surface area contributed by atoms with Gasteiger partial charge in [-0.1, -0.05) is 43.2 Å². The second-order valence-corrected chi connectivity index (χ2v) is 5.01. The summed E-state index contributed by atoms with van der Waals surface area (Å²) in [6, 6.07) is 10.2. The van der Waals surface area contributed by atoms with Gasteiger partial charge in [-0.05, 0) is 25.5 Å². The first-order valence-electron chi connectivity index (χ1n) is 6.78. The predicted octanol–water partition coefficient (Wildman–Crippen LogP) is 1.83. The van der Waals surface area contributed by atoms with E-state index in [0.717, 1.165) is 32.2 Å². The second kappa shape index (κ2) is 6.01. The van der Waals surface area contributed by atoms with E-state index in [0.29, 0.717) is 6.54 Å². The maximum Gasteiger partial charge on any atom is 0.230 e. The van der Waals surface area contributed by atoms with Crippen molar-refractivity contribution in [2.75, 3.05) is 20.1 Å². The number of hydrogen-bond donors (Lipinski definition) is 2. The number of hydrogen-bond acceptors (Lipinski definition) is 2. The van der Waals surface area contributed by atoms with Gasteiger partial charge in [-0.3, -0.25) is 4.79 Å². The summed E-state index contributed by atoms with van der Waals surface area (Å²) in [5.41, 5.74) is 0.888. The van der Waals surface area contributed by atoms with Crippen LogP contribution in [0.4, 0.5) is 0 Å². The lowest BCUT2D eigenvalue weighted by Crippen LogP contribution is -2.44. The zero-order valence-corrected chi connectivity index (χ0v) is 11.0. The first-order valence-corrected chi connectivity index (χ1v) is 6.78. The minimum atomic E-state index is -0.283. The molecule has 1 aliphatic rings. The smallest absolute Gasteiger partial charge is 0.230 e. The molecular formula is C15H22N2O. The highest BCUT2D eigenvalue weighted by atomic mass is 16.2. The highest BCUT2D eigenvalue weighted by Crippen LogP contribution is 2.41. The van der Waals surface area contributed by atoms with Gasteiger partial charge >= 0.3 is 0 Å². The van der Waals surface area contributed by atoms with Gasteiger partial charge in [0.05, 0.1) is 5.41 Å². The molecule has 1 amide bonds. The molecule has 0 aliphatic heterocycles. The predicted molar refractivity (Wildman–Crippen MR) is 73.5 cm³/mol. The fourth-order valence-corrected chi connectivity index (χ4v) is 2.85. The minimum absolute atomic E-state index is 0.196. The molecule has 0 heterocycles. The summed E-state index contributed by atoms with van der Waals surface area (Å²) in [7, 11) is 1.90. The van der Waals surface area contributed by atoms with Crippen molar-refractivity contribution in [3.63, 3.8) is 0 Å². The van der Waals surface area contributed by atoms with Gasteiger partial charge in [-0.2, -0.15) is 0 Å². The molecule has 1 aliphatic carbocycles. The molecule has 3 nitrogen and oxygen atoms in total. The monoisotopic (exact) mass is 246 g/mol. The molecular weight excluding hydrogens is 224 g/mol. The first-order chi connectivity index (χ1) is 8.79. The maximum atomic E-state index is 12.5. The van der Waals surface area contributed by atoms with Gasteiger partial charge in [-0.15, -0.1) is 0 Å². The molecule has 1 saturated carbocycles. The largest absolute Gasteiger partial charge is 0.354 e. The molecule has 0 saturated heterocycles. The first kappa shape index (κ1) is 13.1. The van der Waals surface area contributed by atoms with E-state index in [2.05, 4.69) is 22.8 Å². The van der Waals surface area contributed by atoms with Crippen LogP contribution >= 0.6 is 0 Å². The summed E-state index contributed by atoms with van der Waals surface area (Å²) in [5.74, 6) is 0.196. The van der Waals surface area contributed by atoms with Gasteiger partial charge in [0.25, 0.3) is 0 Å². The normalized spacial score (nSPS) is 17.6. The summed E-state index contributed by atoms with van der Waals surface area (Å²) in [4.78, 5) is 12.5. The van der Waals surface area contributed by atoms with Gasteiger partial charge in [-0.25, -0.2) is 0 Å². The molecule has 98 valence electrons. The van der Waals surface area contributed by atoms with E-state index in [1.165, 1.54) is 5.56 Å². The van der Waals surface area contributed by atoms with Gasteiger partial charge < -0.3 is 10.6 Å². The topological polar surface area (TPSA) is 41.1 Å². The number of carbonyl (C=O) groups excluding carboxylic acids is 1. The fourth-order valence-electron chi connectivity index (χ4n) is 2.85. The van der Waals surface area contributed by atoms with Crippen LogP contribution in [-0.2, 0) is 10.2 Å². The van der Waals surface area contributed by atoms with Crippen LogP contribution in [0, 0.1) is 0 Å². The molecule has 0 aromatic heterocycles. The van der Waals surface area contributed by atoms with Crippen molar-refractivity contribution in [3.8, 4) is 0 Å². The van der Waals surface area contributed by atoms with Gasteiger partial charge in [0, 0.05) is 13.1 Å². The lowest BCUT2D eigenvalue weighted by molar-refractivity contribution is -0.126. The lowest BCUT2D eigenvalue weighted by Gasteiger charge is -2.28. The van der Waals surface area contributed by atoms with Crippen molar-refractivity contribution in [2.24, 2.45) is 0 Å². The van der Waals surface area contributed by atoms with E-state index in [1.807, 2.05) is 25.2 Å². The Morgan fingerprint density at radius 1 is 1.17 bits per heavy atom. The Morgan fingerprint density at radius 2 is 1.83 bits per heavy atom. The third-order valence-electron chi connectivity index (χ3n) is 3.88. The fraction of sp³-hybridized carbons (Fsp3) is 0.533. The summed E-state index contributed by atoms with van der Waals surface area (Å²) in [6.45, 7) is 1.51. The second-order valence-electron chi connectivity index (χ2n) is 5.01. The molecule has 0 unspecified atom stereocenters. The Labute approximate surface area is 109 Å². The Hall–Kier alpha value is -1.35. The van der Waals surface area contributed by atoms with Crippen molar-refractivity contribution in [3.05, 3.63) is 35.9 Å². The van der Waals surface area contributed by atoms with Gasteiger partial charge in [0.1, 0.15) is 0 Å². The Morgan fingerprint density at radius 3 is 2.44 bits per heavy atom. The maximum absolute atomic E-state index is 12.5. The van der Waals surface area contributed by atoms with Crippen LogP contribution in [0.3, 0.4) is 0 Å². The molecule has 0 spiro atoms. The van der Waals surface area contributed by atoms with Gasteiger partial charge in [0.2, 0.25) is 5.91 Å². The van der Waals surface area contributed by atoms with Crippen molar-refractivity contribution in [1.82, 2.24) is 10.6 Å². The van der Waals surface area contributed by atoms with E-state index in [-0.39, 0.29) is 11.3 Å². The van der Waals surface area contributed by atoms with Crippen LogP contribution in [0.2, 0.25) is 0 Å². The van der Waals surface area contributed by atoms with E-state index < -0.39 is 0 Å². The van der Waals surface area contributed by atoms with Crippen LogP contribution in [0.25, 0.3) is 0 Å². The lowest BCUT2D eigenvalue weighted by atomic mass is 9.78. The standard InChI is InChI=1S/C15H22N2O/c1-16-11-12-17-14(18)15(9-5-6-10-15)13-7-3-2-4-8-13/h2-4,7-8,16H,5-6,9-12H2,1H3,(H,17,18). The molecule has 1 fully saturated rings. The van der Waals surface area contributed by atoms with Crippen LogP contribution in [0.5, 0.6) is 0 Å². The summed E-state index contributed by atoms with van der Waals surface area (Å²) in [6.07, 6.45) is 4.24. The average molecular weight is 246 g/mol. The third kappa shape index (κ3) is 2.56. The van der Waals surface area contributed by atoms with E-state index >= 15 is 0 Å². The molecule has 1 aromatic rings. The van der Waals surface area contributed by atoms with Crippen molar-refractivity contribution < 1.29 is 4.79 Å². The number of rotatable bonds is 5. The molecule has 3 heteroatoms. The molecule has 2 N–H and O–H groups in total. The number of benzene rings is 1. The number of nitrogens with one attached hydrogen (secondary N) is 2. The molecule has 0 atom stereocenters. The highest BCUT2D eigenvalue weighted by molar-refractivity contribution is 5.88. The van der Waals surface area contributed by atoms with Crippen LogP contribution in [-0.4, -0.2) is 26.0 Å². The van der Waals surface area contributed by atoms with Crippen LogP contribution in [0.15, 0.2) is 30.3 Å². The van der Waals surface area contributed by atoms with Crippen molar-refractivity contribution in [1.29, 1.82) is 0 Å². The zero-order chi connectivity index (χ0) is 12.8. The van der Waals surface area contributed by atoms with Crippen LogP contribution in [0.1, 0.15) is 31.2 Å². The Bertz CT molecular complexity index is 383. The third-order valence-corrected chi connectivity index (χ3v) is 3.88. The van der Waals surface area contributed by atoms with E-state index in [1.54, 1.807) is 0 Å². The molecule has 0 bridgehead atoms. The quantitative estimate of drug-likeness (QED) is 0.778. The van der Waals surface area contributed by atoms with Crippen molar-refractivity contribution >= 4 is 5.91 Å². The van der Waals surface area contributed by atoms with Crippen LogP contribution < -0.4 is 10.6 Å². The Kier molecular flexibility index (Phi) is 4.37. The van der Waals surface area contributed by atoms with Gasteiger partial charge in [0.15, 0.2) is 0 Å². The molecule has 18 heavy (non-hydrogen) atoms. The number of carbonyl (C=O) groups is 1. The number of amides is 1. The van der Waals surface area contributed by atoms with Crippen molar-refractivity contribution in [2.45, 2.75) is 31.1 Å². The summed E-state index contributed by atoms with van der Waals surface area (Å²) in [5, 5.41) is 6.11. The summed E-state index contributed by atoms with van der Waals surface area (Å²) >= 11 is 0. The molecule has 0 radical (unpaired) electrons. The highest BCUT2D eigenvalue weighted by Gasteiger charge is 2.42. The Balaban J connectivity index is 2.14. The minimum Gasteiger partial charge on any atom is -0.354 e. The molecule has 1 aromatic carbocycles.